The number of carbonyl (C=O) groups is 1. The average molecular weight is 320 g/mol. The van der Waals surface area contributed by atoms with Crippen molar-refractivity contribution in [3.63, 3.8) is 0 Å². The zero-order valence-corrected chi connectivity index (χ0v) is 11.9. The summed E-state index contributed by atoms with van der Waals surface area (Å²) in [5.74, 6) is -0.169. The van der Waals surface area contributed by atoms with Crippen LogP contribution in [0.4, 0.5) is 19.1 Å². The standard InChI is InChI=1S/C15H11F3N4O/c1-9(23)19-14-20-13-6-5-11(8-22(13)21-14)10-3-2-4-12(7-10)15(16,17)18/h2-8H,1H3,(H,19,21,23). The summed E-state index contributed by atoms with van der Waals surface area (Å²) in [5, 5.41) is 6.51. The second kappa shape index (κ2) is 5.38. The highest BCUT2D eigenvalue weighted by molar-refractivity contribution is 5.86. The van der Waals surface area contributed by atoms with E-state index in [9.17, 15) is 18.0 Å². The van der Waals surface area contributed by atoms with Crippen LogP contribution in [-0.2, 0) is 11.0 Å². The lowest BCUT2D eigenvalue weighted by Crippen LogP contribution is -2.07. The van der Waals surface area contributed by atoms with Crippen LogP contribution < -0.4 is 5.32 Å². The first-order valence-electron chi connectivity index (χ1n) is 6.64. The summed E-state index contributed by atoms with van der Waals surface area (Å²) in [7, 11) is 0. The predicted molar refractivity (Wildman–Crippen MR) is 77.7 cm³/mol. The molecule has 8 heteroatoms. The molecule has 0 unspecified atom stereocenters. The molecule has 0 spiro atoms. The lowest BCUT2D eigenvalue weighted by atomic mass is 10.0. The van der Waals surface area contributed by atoms with Gasteiger partial charge in [-0.3, -0.25) is 10.1 Å². The number of hydrogen-bond acceptors (Lipinski definition) is 3. The molecular weight excluding hydrogens is 309 g/mol. The van der Waals surface area contributed by atoms with Gasteiger partial charge in [0.25, 0.3) is 0 Å². The molecule has 3 rings (SSSR count). The Labute approximate surface area is 128 Å². The van der Waals surface area contributed by atoms with Gasteiger partial charge >= 0.3 is 6.18 Å². The Morgan fingerprint density at radius 3 is 2.65 bits per heavy atom. The molecule has 118 valence electrons. The second-order valence-corrected chi connectivity index (χ2v) is 4.92. The first-order chi connectivity index (χ1) is 10.8. The van der Waals surface area contributed by atoms with Gasteiger partial charge in [0.15, 0.2) is 5.65 Å². The van der Waals surface area contributed by atoms with Crippen molar-refractivity contribution in [2.75, 3.05) is 5.32 Å². The third kappa shape index (κ3) is 3.15. The monoisotopic (exact) mass is 320 g/mol. The Hall–Kier alpha value is -2.90. The van der Waals surface area contributed by atoms with Gasteiger partial charge in [-0.05, 0) is 29.8 Å². The van der Waals surface area contributed by atoms with Crippen LogP contribution in [0.1, 0.15) is 12.5 Å². The van der Waals surface area contributed by atoms with Gasteiger partial charge in [-0.15, -0.1) is 5.10 Å². The van der Waals surface area contributed by atoms with E-state index in [0.29, 0.717) is 16.8 Å². The number of rotatable bonds is 2. The largest absolute Gasteiger partial charge is 0.416 e. The highest BCUT2D eigenvalue weighted by Gasteiger charge is 2.30. The Kier molecular flexibility index (Phi) is 3.51. The molecule has 0 bridgehead atoms. The third-order valence-electron chi connectivity index (χ3n) is 3.14. The van der Waals surface area contributed by atoms with Crippen LogP contribution in [0.25, 0.3) is 16.8 Å². The van der Waals surface area contributed by atoms with E-state index in [1.165, 1.54) is 17.5 Å². The number of nitrogens with one attached hydrogen (secondary N) is 1. The molecule has 1 aromatic carbocycles. The van der Waals surface area contributed by atoms with Crippen LogP contribution in [0.15, 0.2) is 42.6 Å². The highest BCUT2D eigenvalue weighted by atomic mass is 19.4. The van der Waals surface area contributed by atoms with Crippen molar-refractivity contribution in [2.45, 2.75) is 13.1 Å². The molecule has 1 N–H and O–H groups in total. The van der Waals surface area contributed by atoms with Gasteiger partial charge in [-0.1, -0.05) is 12.1 Å². The highest BCUT2D eigenvalue weighted by Crippen LogP contribution is 2.32. The molecule has 23 heavy (non-hydrogen) atoms. The van der Waals surface area contributed by atoms with E-state index in [4.69, 9.17) is 0 Å². The number of amides is 1. The third-order valence-corrected chi connectivity index (χ3v) is 3.14. The predicted octanol–water partition coefficient (Wildman–Crippen LogP) is 3.37. The lowest BCUT2D eigenvalue weighted by molar-refractivity contribution is -0.137. The van der Waals surface area contributed by atoms with Crippen molar-refractivity contribution < 1.29 is 18.0 Å². The molecule has 0 fully saturated rings. The summed E-state index contributed by atoms with van der Waals surface area (Å²) in [5.41, 5.74) is 0.735. The molecule has 0 radical (unpaired) electrons. The quantitative estimate of drug-likeness (QED) is 0.787. The van der Waals surface area contributed by atoms with E-state index >= 15 is 0 Å². The Bertz CT molecular complexity index is 886. The summed E-state index contributed by atoms with van der Waals surface area (Å²) in [6.45, 7) is 1.33. The summed E-state index contributed by atoms with van der Waals surface area (Å²) < 4.78 is 39.8. The topological polar surface area (TPSA) is 59.3 Å². The van der Waals surface area contributed by atoms with Crippen LogP contribution >= 0.6 is 0 Å². The molecule has 0 saturated heterocycles. The van der Waals surface area contributed by atoms with Gasteiger partial charge in [0.2, 0.25) is 11.9 Å². The van der Waals surface area contributed by atoms with Crippen LogP contribution in [0.5, 0.6) is 0 Å². The van der Waals surface area contributed by atoms with Gasteiger partial charge in [0.05, 0.1) is 5.56 Å². The van der Waals surface area contributed by atoms with E-state index in [1.54, 1.807) is 24.4 Å². The SMILES string of the molecule is CC(=O)Nc1nc2ccc(-c3cccc(C(F)(F)F)c3)cn2n1. The molecule has 5 nitrogen and oxygen atoms in total. The summed E-state index contributed by atoms with van der Waals surface area (Å²) >= 11 is 0. The minimum atomic E-state index is -4.40. The number of nitrogens with zero attached hydrogens (tertiary/aromatic N) is 3. The smallest absolute Gasteiger partial charge is 0.293 e. The van der Waals surface area contributed by atoms with Crippen molar-refractivity contribution in [1.29, 1.82) is 0 Å². The molecule has 3 aromatic rings. The average Bonchev–Trinajstić information content (AvgIpc) is 2.86. The van der Waals surface area contributed by atoms with E-state index in [-0.39, 0.29) is 11.9 Å². The molecule has 2 aromatic heterocycles. The number of hydrogen-bond donors (Lipinski definition) is 1. The number of pyridine rings is 1. The first-order valence-corrected chi connectivity index (χ1v) is 6.64. The van der Waals surface area contributed by atoms with E-state index in [1.807, 2.05) is 0 Å². The fraction of sp³-hybridized carbons (Fsp3) is 0.133. The summed E-state index contributed by atoms with van der Waals surface area (Å²) in [6.07, 6.45) is -2.84. The van der Waals surface area contributed by atoms with Crippen molar-refractivity contribution >= 4 is 17.5 Å². The van der Waals surface area contributed by atoms with Gasteiger partial charge in [-0.25, -0.2) is 4.52 Å². The summed E-state index contributed by atoms with van der Waals surface area (Å²) in [6, 6.07) is 8.30. The van der Waals surface area contributed by atoms with Crippen molar-refractivity contribution in [3.05, 3.63) is 48.2 Å². The molecule has 0 aliphatic rings. The van der Waals surface area contributed by atoms with Crippen LogP contribution in [0, 0.1) is 0 Å². The van der Waals surface area contributed by atoms with Crippen molar-refractivity contribution in [2.24, 2.45) is 0 Å². The van der Waals surface area contributed by atoms with E-state index in [2.05, 4.69) is 15.4 Å². The maximum Gasteiger partial charge on any atom is 0.416 e. The Morgan fingerprint density at radius 1 is 1.17 bits per heavy atom. The van der Waals surface area contributed by atoms with E-state index < -0.39 is 11.7 Å². The van der Waals surface area contributed by atoms with Crippen LogP contribution in [0.2, 0.25) is 0 Å². The minimum Gasteiger partial charge on any atom is -0.293 e. The molecule has 0 aliphatic heterocycles. The lowest BCUT2D eigenvalue weighted by Gasteiger charge is -2.08. The second-order valence-electron chi connectivity index (χ2n) is 4.92. The van der Waals surface area contributed by atoms with E-state index in [0.717, 1.165) is 12.1 Å². The van der Waals surface area contributed by atoms with Gasteiger partial charge in [0.1, 0.15) is 0 Å². The maximum absolute atomic E-state index is 12.8. The van der Waals surface area contributed by atoms with Gasteiger partial charge in [-0.2, -0.15) is 18.2 Å². The van der Waals surface area contributed by atoms with Crippen molar-refractivity contribution in [1.82, 2.24) is 14.6 Å². The number of carbonyl (C=O) groups excluding carboxylic acids is 1. The molecule has 0 aliphatic carbocycles. The fourth-order valence-corrected chi connectivity index (χ4v) is 2.14. The molecule has 0 saturated carbocycles. The summed E-state index contributed by atoms with van der Waals surface area (Å²) in [4.78, 5) is 15.1. The number of benzene rings is 1. The van der Waals surface area contributed by atoms with Crippen LogP contribution in [-0.4, -0.2) is 20.5 Å². The van der Waals surface area contributed by atoms with Gasteiger partial charge in [0, 0.05) is 18.7 Å². The number of alkyl halides is 3. The van der Waals surface area contributed by atoms with Gasteiger partial charge < -0.3 is 0 Å². The number of fused-ring (bicyclic) bond motifs is 1. The Balaban J connectivity index is 2.02. The number of anilines is 1. The van der Waals surface area contributed by atoms with Crippen LogP contribution in [0.3, 0.4) is 0 Å². The maximum atomic E-state index is 12.8. The zero-order chi connectivity index (χ0) is 16.6. The first kappa shape index (κ1) is 15.0. The number of aromatic nitrogens is 3. The minimum absolute atomic E-state index is 0.138. The zero-order valence-electron chi connectivity index (χ0n) is 11.9. The normalized spacial score (nSPS) is 11.7. The Morgan fingerprint density at radius 2 is 1.96 bits per heavy atom. The number of halogens is 3. The molecular formula is C15H11F3N4O. The molecule has 1 amide bonds. The fourth-order valence-electron chi connectivity index (χ4n) is 2.14. The molecule has 0 atom stereocenters. The van der Waals surface area contributed by atoms with Crippen molar-refractivity contribution in [3.8, 4) is 11.1 Å². The molecule has 2 heterocycles.